The Morgan fingerprint density at radius 1 is 0.973 bits per heavy atom. The average molecular weight is 506 g/mol. The molecule has 1 aromatic carbocycles. The summed E-state index contributed by atoms with van der Waals surface area (Å²) in [5, 5.41) is 3.78. The molecule has 1 aliphatic rings. The van der Waals surface area contributed by atoms with Gasteiger partial charge in [0.2, 0.25) is 0 Å². The molecule has 2 aromatic heterocycles. The number of amides is 1. The van der Waals surface area contributed by atoms with Crippen molar-refractivity contribution in [2.24, 2.45) is 0 Å². The fraction of sp³-hybridized carbons (Fsp3) is 0.552. The molecule has 3 N–H and O–H groups in total. The minimum atomic E-state index is -0.0214. The van der Waals surface area contributed by atoms with Crippen molar-refractivity contribution in [3.8, 4) is 0 Å². The highest BCUT2D eigenvalue weighted by Crippen LogP contribution is 2.24. The first kappa shape index (κ1) is 27.1. The van der Waals surface area contributed by atoms with Crippen molar-refractivity contribution in [1.82, 2.24) is 35.1 Å². The Morgan fingerprint density at radius 3 is 2.11 bits per heavy atom. The maximum absolute atomic E-state index is 13.5. The standard InChI is InChI=1S/C29H43N7O/c1-4-16-35(17-5-2)25-9-7-24(8-10-25)34-19-23-6-11-26(22(3)18-23)29(37)36(20-27-30-12-13-31-27)21-28-32-14-15-33-28/h6,11-15,18,24-25,34H,4-5,7-10,16-17,19-21H2,1-3H3,(H,30,31)(H,32,33)/t24-,25-. The SMILES string of the molecule is CCCN(CCC)[C@H]1CC[C@H](NCc2ccc(C(=O)N(Cc3ncc[nH]3)Cc3ncc[nH]3)c(C)c2)CC1. The van der Waals surface area contributed by atoms with Gasteiger partial charge in [0, 0.05) is 49.0 Å². The van der Waals surface area contributed by atoms with Crippen molar-refractivity contribution >= 4 is 5.91 Å². The summed E-state index contributed by atoms with van der Waals surface area (Å²) in [5.74, 6) is 1.48. The topological polar surface area (TPSA) is 92.9 Å². The number of rotatable bonds is 13. The van der Waals surface area contributed by atoms with Gasteiger partial charge in [-0.05, 0) is 75.7 Å². The van der Waals surface area contributed by atoms with Crippen molar-refractivity contribution < 1.29 is 4.79 Å². The summed E-state index contributed by atoms with van der Waals surface area (Å²) in [4.78, 5) is 32.8. The summed E-state index contributed by atoms with van der Waals surface area (Å²) >= 11 is 0. The molecule has 1 amide bonds. The van der Waals surface area contributed by atoms with Gasteiger partial charge in [-0.1, -0.05) is 26.0 Å². The molecule has 2 heterocycles. The van der Waals surface area contributed by atoms with E-state index < -0.39 is 0 Å². The molecule has 200 valence electrons. The van der Waals surface area contributed by atoms with Gasteiger partial charge >= 0.3 is 0 Å². The number of carbonyl (C=O) groups is 1. The molecule has 0 unspecified atom stereocenters. The molecule has 8 nitrogen and oxygen atoms in total. The van der Waals surface area contributed by atoms with Crippen LogP contribution in [0.5, 0.6) is 0 Å². The van der Waals surface area contributed by atoms with E-state index in [0.717, 1.165) is 29.8 Å². The zero-order valence-electron chi connectivity index (χ0n) is 22.7. The molecular weight excluding hydrogens is 462 g/mol. The van der Waals surface area contributed by atoms with E-state index in [1.54, 1.807) is 29.7 Å². The molecule has 0 spiro atoms. The first-order valence-corrected chi connectivity index (χ1v) is 13.9. The normalized spacial score (nSPS) is 17.8. The Kier molecular flexibility index (Phi) is 9.91. The lowest BCUT2D eigenvalue weighted by molar-refractivity contribution is 0.0721. The van der Waals surface area contributed by atoms with Crippen molar-refractivity contribution in [2.75, 3.05) is 13.1 Å². The zero-order chi connectivity index (χ0) is 26.0. The molecule has 4 rings (SSSR count). The average Bonchev–Trinajstić information content (AvgIpc) is 3.62. The molecular formula is C29H43N7O. The highest BCUT2D eigenvalue weighted by molar-refractivity contribution is 5.95. The van der Waals surface area contributed by atoms with Crippen molar-refractivity contribution in [3.63, 3.8) is 0 Å². The summed E-state index contributed by atoms with van der Waals surface area (Å²) < 4.78 is 0. The molecule has 37 heavy (non-hydrogen) atoms. The van der Waals surface area contributed by atoms with Crippen LogP contribution in [0, 0.1) is 6.92 Å². The van der Waals surface area contributed by atoms with Gasteiger partial charge in [-0.3, -0.25) is 4.79 Å². The Morgan fingerprint density at radius 2 is 1.59 bits per heavy atom. The molecule has 0 atom stereocenters. The molecule has 3 aromatic rings. The van der Waals surface area contributed by atoms with Gasteiger partial charge < -0.3 is 25.1 Å². The van der Waals surface area contributed by atoms with Crippen LogP contribution >= 0.6 is 0 Å². The Bertz CT molecular complexity index is 1030. The number of aromatic nitrogens is 4. The number of imidazole rings is 2. The molecule has 0 radical (unpaired) electrons. The van der Waals surface area contributed by atoms with Crippen LogP contribution in [0.2, 0.25) is 0 Å². The lowest BCUT2D eigenvalue weighted by Crippen LogP contribution is -2.43. The minimum absolute atomic E-state index is 0.0214. The number of hydrogen-bond acceptors (Lipinski definition) is 5. The molecule has 0 aliphatic heterocycles. The van der Waals surface area contributed by atoms with E-state index in [0.29, 0.717) is 24.7 Å². The van der Waals surface area contributed by atoms with Crippen LogP contribution in [-0.2, 0) is 19.6 Å². The third-order valence-electron chi connectivity index (χ3n) is 7.43. The number of hydrogen-bond donors (Lipinski definition) is 3. The lowest BCUT2D eigenvalue weighted by atomic mass is 9.89. The third kappa shape index (κ3) is 7.52. The molecule has 0 bridgehead atoms. The quantitative estimate of drug-likeness (QED) is 0.310. The number of nitrogens with one attached hydrogen (secondary N) is 3. The van der Waals surface area contributed by atoms with E-state index in [1.807, 2.05) is 13.0 Å². The fourth-order valence-corrected chi connectivity index (χ4v) is 5.53. The molecule has 8 heteroatoms. The molecule has 1 fully saturated rings. The first-order chi connectivity index (χ1) is 18.1. The number of nitrogens with zero attached hydrogens (tertiary/aromatic N) is 4. The van der Waals surface area contributed by atoms with Gasteiger partial charge in [0.1, 0.15) is 11.6 Å². The molecule has 1 saturated carbocycles. The molecule has 0 saturated heterocycles. The predicted molar refractivity (Wildman–Crippen MR) is 147 cm³/mol. The first-order valence-electron chi connectivity index (χ1n) is 13.9. The van der Waals surface area contributed by atoms with Crippen LogP contribution in [0.3, 0.4) is 0 Å². The van der Waals surface area contributed by atoms with Gasteiger partial charge in [0.05, 0.1) is 13.1 Å². The highest BCUT2D eigenvalue weighted by Gasteiger charge is 2.25. The summed E-state index contributed by atoms with van der Waals surface area (Å²) in [7, 11) is 0. The van der Waals surface area contributed by atoms with Gasteiger partial charge in [0.15, 0.2) is 0 Å². The van der Waals surface area contributed by atoms with E-state index in [1.165, 1.54) is 57.2 Å². The van der Waals surface area contributed by atoms with Gasteiger partial charge in [-0.15, -0.1) is 0 Å². The van der Waals surface area contributed by atoms with Crippen molar-refractivity contribution in [1.29, 1.82) is 0 Å². The van der Waals surface area contributed by atoms with Crippen LogP contribution in [-0.4, -0.2) is 60.8 Å². The van der Waals surface area contributed by atoms with Crippen LogP contribution in [0.25, 0.3) is 0 Å². The number of benzene rings is 1. The summed E-state index contributed by atoms with van der Waals surface area (Å²) in [6.07, 6.45) is 14.5. The van der Waals surface area contributed by atoms with E-state index in [4.69, 9.17) is 0 Å². The van der Waals surface area contributed by atoms with Gasteiger partial charge in [-0.25, -0.2) is 9.97 Å². The Hall–Kier alpha value is -2.97. The number of carbonyl (C=O) groups excluding carboxylic acids is 1. The minimum Gasteiger partial charge on any atom is -0.347 e. The summed E-state index contributed by atoms with van der Waals surface area (Å²) in [6, 6.07) is 7.52. The highest BCUT2D eigenvalue weighted by atomic mass is 16.2. The van der Waals surface area contributed by atoms with Crippen LogP contribution in [0.15, 0.2) is 43.0 Å². The summed E-state index contributed by atoms with van der Waals surface area (Å²) in [6.45, 7) is 10.7. The van der Waals surface area contributed by atoms with Crippen LogP contribution in [0.4, 0.5) is 0 Å². The van der Waals surface area contributed by atoms with Crippen molar-refractivity contribution in [2.45, 2.75) is 91.0 Å². The smallest absolute Gasteiger partial charge is 0.254 e. The zero-order valence-corrected chi connectivity index (χ0v) is 22.7. The third-order valence-corrected chi connectivity index (χ3v) is 7.43. The van der Waals surface area contributed by atoms with Gasteiger partial charge in [-0.2, -0.15) is 0 Å². The molecule has 1 aliphatic carbocycles. The van der Waals surface area contributed by atoms with Crippen LogP contribution < -0.4 is 5.32 Å². The van der Waals surface area contributed by atoms with Gasteiger partial charge in [0.25, 0.3) is 5.91 Å². The van der Waals surface area contributed by atoms with E-state index in [2.05, 4.69) is 56.1 Å². The second kappa shape index (κ2) is 13.5. The Labute approximate surface area is 221 Å². The second-order valence-electron chi connectivity index (χ2n) is 10.3. The number of aromatic amines is 2. The lowest BCUT2D eigenvalue weighted by Gasteiger charge is -2.37. The maximum Gasteiger partial charge on any atom is 0.254 e. The Balaban J connectivity index is 1.33. The predicted octanol–water partition coefficient (Wildman–Crippen LogP) is 4.81. The van der Waals surface area contributed by atoms with E-state index >= 15 is 0 Å². The number of H-pyrrole nitrogens is 2. The second-order valence-corrected chi connectivity index (χ2v) is 10.3. The van der Waals surface area contributed by atoms with Crippen LogP contribution in [0.1, 0.15) is 85.5 Å². The van der Waals surface area contributed by atoms with E-state index in [-0.39, 0.29) is 5.91 Å². The summed E-state index contributed by atoms with van der Waals surface area (Å²) in [5.41, 5.74) is 2.93. The largest absolute Gasteiger partial charge is 0.347 e. The van der Waals surface area contributed by atoms with E-state index in [9.17, 15) is 4.79 Å². The maximum atomic E-state index is 13.5. The number of aryl methyl sites for hydroxylation is 1. The monoisotopic (exact) mass is 505 g/mol. The van der Waals surface area contributed by atoms with Crippen molar-refractivity contribution in [3.05, 3.63) is 71.3 Å². The fourth-order valence-electron chi connectivity index (χ4n) is 5.53.